The van der Waals surface area contributed by atoms with Crippen LogP contribution in [0.1, 0.15) is 35.5 Å². The predicted octanol–water partition coefficient (Wildman–Crippen LogP) is 4.47. The molecule has 0 aliphatic rings. The fourth-order valence-corrected chi connectivity index (χ4v) is 3.07. The molecule has 28 heavy (non-hydrogen) atoms. The summed E-state index contributed by atoms with van der Waals surface area (Å²) in [6.07, 6.45) is 2.28. The van der Waals surface area contributed by atoms with Crippen LogP contribution in [0.3, 0.4) is 0 Å². The average molecular weight is 377 g/mol. The number of carbonyl (C=O) groups is 1. The zero-order valence-electron chi connectivity index (χ0n) is 16.7. The molecule has 0 saturated carbocycles. The first-order chi connectivity index (χ1) is 13.6. The molecular formula is C23H27N3O2. The van der Waals surface area contributed by atoms with E-state index in [2.05, 4.69) is 29.0 Å². The highest BCUT2D eigenvalue weighted by Gasteiger charge is 2.09. The molecule has 1 heterocycles. The van der Waals surface area contributed by atoms with E-state index in [1.54, 1.807) is 6.26 Å². The van der Waals surface area contributed by atoms with Crippen LogP contribution in [0.2, 0.25) is 0 Å². The van der Waals surface area contributed by atoms with E-state index in [-0.39, 0.29) is 5.91 Å². The van der Waals surface area contributed by atoms with Crippen LogP contribution in [0.5, 0.6) is 0 Å². The van der Waals surface area contributed by atoms with E-state index in [1.165, 1.54) is 5.56 Å². The van der Waals surface area contributed by atoms with Gasteiger partial charge in [0.05, 0.1) is 5.69 Å². The standard InChI is InChI=1S/C23H27N3O2/c1-4-26(5-2)21-12-10-18(11-13-21)22(27)24-15-14-20-16-28-23(25-20)19-8-6-17(3)7-9-19/h6-13,16H,4-5,14-15H2,1-3H3,(H,24,27). The number of oxazole rings is 1. The highest BCUT2D eigenvalue weighted by atomic mass is 16.3. The summed E-state index contributed by atoms with van der Waals surface area (Å²) in [4.78, 5) is 19.1. The van der Waals surface area contributed by atoms with Gasteiger partial charge in [0.2, 0.25) is 5.89 Å². The number of aryl methyl sites for hydroxylation is 1. The van der Waals surface area contributed by atoms with Gasteiger partial charge in [0.1, 0.15) is 6.26 Å². The molecule has 0 aliphatic heterocycles. The van der Waals surface area contributed by atoms with Crippen LogP contribution in [-0.4, -0.2) is 30.5 Å². The van der Waals surface area contributed by atoms with Crippen molar-refractivity contribution < 1.29 is 9.21 Å². The van der Waals surface area contributed by atoms with Crippen LogP contribution in [0.15, 0.2) is 59.2 Å². The van der Waals surface area contributed by atoms with Gasteiger partial charge in [-0.2, -0.15) is 0 Å². The van der Waals surface area contributed by atoms with Gasteiger partial charge in [-0.3, -0.25) is 4.79 Å². The number of nitrogens with zero attached hydrogens (tertiary/aromatic N) is 2. The number of amides is 1. The molecule has 0 fully saturated rings. The maximum atomic E-state index is 12.3. The molecule has 1 aromatic heterocycles. The molecule has 3 rings (SSSR count). The zero-order valence-corrected chi connectivity index (χ0v) is 16.7. The number of benzene rings is 2. The molecule has 3 aromatic rings. The van der Waals surface area contributed by atoms with Crippen LogP contribution in [-0.2, 0) is 6.42 Å². The van der Waals surface area contributed by atoms with Gasteiger partial charge in [0.25, 0.3) is 5.91 Å². The average Bonchev–Trinajstić information content (AvgIpc) is 3.19. The summed E-state index contributed by atoms with van der Waals surface area (Å²) >= 11 is 0. The lowest BCUT2D eigenvalue weighted by molar-refractivity contribution is 0.0954. The van der Waals surface area contributed by atoms with Crippen molar-refractivity contribution in [2.24, 2.45) is 0 Å². The SMILES string of the molecule is CCN(CC)c1ccc(C(=O)NCCc2coc(-c3ccc(C)cc3)n2)cc1. The quantitative estimate of drug-likeness (QED) is 0.629. The van der Waals surface area contributed by atoms with Crippen LogP contribution < -0.4 is 10.2 Å². The topological polar surface area (TPSA) is 58.4 Å². The molecule has 2 aromatic carbocycles. The Morgan fingerprint density at radius 2 is 1.71 bits per heavy atom. The number of nitrogens with one attached hydrogen (secondary N) is 1. The van der Waals surface area contributed by atoms with Crippen molar-refractivity contribution in [3.05, 3.63) is 71.6 Å². The molecule has 0 radical (unpaired) electrons. The number of hydrogen-bond acceptors (Lipinski definition) is 4. The normalized spacial score (nSPS) is 10.7. The molecule has 0 atom stereocenters. The van der Waals surface area contributed by atoms with E-state index in [4.69, 9.17) is 4.42 Å². The molecule has 0 saturated heterocycles. The Labute approximate surface area is 166 Å². The van der Waals surface area contributed by atoms with Crippen LogP contribution in [0, 0.1) is 6.92 Å². The zero-order chi connectivity index (χ0) is 19.9. The third-order valence-electron chi connectivity index (χ3n) is 4.78. The largest absolute Gasteiger partial charge is 0.444 e. The lowest BCUT2D eigenvalue weighted by Gasteiger charge is -2.21. The summed E-state index contributed by atoms with van der Waals surface area (Å²) in [7, 11) is 0. The Morgan fingerprint density at radius 1 is 1.04 bits per heavy atom. The molecule has 5 nitrogen and oxygen atoms in total. The maximum Gasteiger partial charge on any atom is 0.251 e. The Bertz CT molecular complexity index is 894. The Kier molecular flexibility index (Phi) is 6.48. The van der Waals surface area contributed by atoms with Gasteiger partial charge in [0, 0.05) is 42.9 Å². The summed E-state index contributed by atoms with van der Waals surface area (Å²) in [5.41, 5.74) is 4.77. The summed E-state index contributed by atoms with van der Waals surface area (Å²) in [5.74, 6) is 0.529. The second kappa shape index (κ2) is 9.22. The van der Waals surface area contributed by atoms with Gasteiger partial charge >= 0.3 is 0 Å². The van der Waals surface area contributed by atoms with E-state index >= 15 is 0 Å². The highest BCUT2D eigenvalue weighted by molar-refractivity contribution is 5.94. The minimum absolute atomic E-state index is 0.0756. The number of aromatic nitrogens is 1. The molecule has 1 N–H and O–H groups in total. The van der Waals surface area contributed by atoms with Crippen molar-refractivity contribution >= 4 is 11.6 Å². The molecule has 146 valence electrons. The van der Waals surface area contributed by atoms with Gasteiger partial charge in [-0.05, 0) is 57.2 Å². The number of rotatable bonds is 8. The first-order valence-electron chi connectivity index (χ1n) is 9.75. The molecule has 1 amide bonds. The van der Waals surface area contributed by atoms with E-state index < -0.39 is 0 Å². The first-order valence-corrected chi connectivity index (χ1v) is 9.75. The van der Waals surface area contributed by atoms with Crippen LogP contribution in [0.25, 0.3) is 11.5 Å². The van der Waals surface area contributed by atoms with Crippen molar-refractivity contribution in [3.8, 4) is 11.5 Å². The van der Waals surface area contributed by atoms with Gasteiger partial charge in [-0.1, -0.05) is 17.7 Å². The predicted molar refractivity (Wildman–Crippen MR) is 113 cm³/mol. The second-order valence-electron chi connectivity index (χ2n) is 6.74. The third-order valence-corrected chi connectivity index (χ3v) is 4.78. The third kappa shape index (κ3) is 4.80. The fraction of sp³-hybridized carbons (Fsp3) is 0.304. The lowest BCUT2D eigenvalue weighted by atomic mass is 10.1. The monoisotopic (exact) mass is 377 g/mol. The van der Waals surface area contributed by atoms with Crippen LogP contribution in [0.4, 0.5) is 5.69 Å². The molecule has 0 aliphatic carbocycles. The first kappa shape index (κ1) is 19.7. The van der Waals surface area contributed by atoms with Crippen molar-refractivity contribution in [1.29, 1.82) is 0 Å². The molecule has 0 bridgehead atoms. The highest BCUT2D eigenvalue weighted by Crippen LogP contribution is 2.19. The van der Waals surface area contributed by atoms with Gasteiger partial charge in [-0.15, -0.1) is 0 Å². The number of anilines is 1. The van der Waals surface area contributed by atoms with E-state index in [0.29, 0.717) is 24.4 Å². The summed E-state index contributed by atoms with van der Waals surface area (Å²) in [6, 6.07) is 15.8. The van der Waals surface area contributed by atoms with Gasteiger partial charge in [-0.25, -0.2) is 4.98 Å². The molecule has 0 spiro atoms. The number of hydrogen-bond donors (Lipinski definition) is 1. The molecule has 0 unspecified atom stereocenters. The minimum Gasteiger partial charge on any atom is -0.444 e. The number of carbonyl (C=O) groups excluding carboxylic acids is 1. The minimum atomic E-state index is -0.0756. The van der Waals surface area contributed by atoms with Crippen molar-refractivity contribution in [3.63, 3.8) is 0 Å². The van der Waals surface area contributed by atoms with E-state index in [0.717, 1.165) is 30.0 Å². The summed E-state index contributed by atoms with van der Waals surface area (Å²) < 4.78 is 5.56. The fourth-order valence-electron chi connectivity index (χ4n) is 3.07. The summed E-state index contributed by atoms with van der Waals surface area (Å²) in [5, 5.41) is 2.95. The lowest BCUT2D eigenvalue weighted by Crippen LogP contribution is -2.26. The van der Waals surface area contributed by atoms with E-state index in [1.807, 2.05) is 55.5 Å². The Balaban J connectivity index is 1.52. The van der Waals surface area contributed by atoms with Crippen molar-refractivity contribution in [2.45, 2.75) is 27.2 Å². The Hall–Kier alpha value is -3.08. The smallest absolute Gasteiger partial charge is 0.251 e. The summed E-state index contributed by atoms with van der Waals surface area (Å²) in [6.45, 7) is 8.70. The van der Waals surface area contributed by atoms with Crippen molar-refractivity contribution in [1.82, 2.24) is 10.3 Å². The van der Waals surface area contributed by atoms with Crippen LogP contribution >= 0.6 is 0 Å². The maximum absolute atomic E-state index is 12.3. The second-order valence-corrected chi connectivity index (χ2v) is 6.74. The molecular weight excluding hydrogens is 350 g/mol. The van der Waals surface area contributed by atoms with Gasteiger partial charge < -0.3 is 14.6 Å². The Morgan fingerprint density at radius 3 is 2.36 bits per heavy atom. The van der Waals surface area contributed by atoms with E-state index in [9.17, 15) is 4.79 Å². The van der Waals surface area contributed by atoms with Crippen molar-refractivity contribution in [2.75, 3.05) is 24.5 Å². The van der Waals surface area contributed by atoms with Gasteiger partial charge in [0.15, 0.2) is 0 Å². The molecule has 5 heteroatoms.